The number of benzene rings is 2. The molecule has 3 heterocycles. The minimum atomic E-state index is -0.0902. The first kappa shape index (κ1) is 43.5. The summed E-state index contributed by atoms with van der Waals surface area (Å²) in [6.45, 7) is 34.5. The van der Waals surface area contributed by atoms with Crippen LogP contribution in [-0.4, -0.2) is 10.7 Å². The van der Waals surface area contributed by atoms with Gasteiger partial charge in [0.25, 0.3) is 5.91 Å². The summed E-state index contributed by atoms with van der Waals surface area (Å²) in [6, 6.07) is 13.2. The fourth-order valence-corrected chi connectivity index (χ4v) is 12.1. The Morgan fingerprint density at radius 1 is 0.782 bits per heavy atom. The topological polar surface area (TPSA) is 20.3 Å². The van der Waals surface area contributed by atoms with E-state index in [1.54, 1.807) is 4.90 Å². The molecule has 55 heavy (non-hydrogen) atoms. The number of amides is 1. The van der Waals surface area contributed by atoms with Crippen molar-refractivity contribution in [3.05, 3.63) is 92.8 Å². The third-order valence-corrected chi connectivity index (χ3v) is 15.8. The normalized spacial score (nSPS) is 16.3. The summed E-state index contributed by atoms with van der Waals surface area (Å²) < 4.78 is 2.87. The number of allylic oxidation sites excluding steroid dienone is 1. The largest absolute Gasteiger partial charge is 0.277 e. The van der Waals surface area contributed by atoms with Crippen LogP contribution in [0.4, 0.5) is 5.69 Å². The summed E-state index contributed by atoms with van der Waals surface area (Å²) in [5.74, 6) is 1.41. The van der Waals surface area contributed by atoms with Gasteiger partial charge in [-0.15, -0.1) is 34.4 Å². The number of carbonyl (C=O) groups excluding carboxylic acids is 1. The van der Waals surface area contributed by atoms with Gasteiger partial charge in [-0.1, -0.05) is 152 Å². The molecular weight excluding hydrogens is 727 g/mol. The van der Waals surface area contributed by atoms with E-state index in [9.17, 15) is 4.79 Å². The van der Waals surface area contributed by atoms with Gasteiger partial charge in [0, 0.05) is 40.0 Å². The molecule has 0 bridgehead atoms. The second-order valence-corrected chi connectivity index (χ2v) is 22.0. The van der Waals surface area contributed by atoms with E-state index in [-0.39, 0.29) is 16.1 Å². The Kier molecular flexibility index (Phi) is 14.5. The summed E-state index contributed by atoms with van der Waals surface area (Å²) >= 11 is 5.86. The predicted molar refractivity (Wildman–Crippen MR) is 250 cm³/mol. The quantitative estimate of drug-likeness (QED) is 0.0992. The minimum absolute atomic E-state index is 0.0746. The maximum absolute atomic E-state index is 14.1. The fraction of sp³-hybridized carbons (Fsp3) is 0.540. The predicted octanol–water partition coefficient (Wildman–Crippen LogP) is 16.4. The van der Waals surface area contributed by atoms with Crippen molar-refractivity contribution >= 4 is 71.1 Å². The van der Waals surface area contributed by atoms with Gasteiger partial charge in [0.15, 0.2) is 0 Å². The van der Waals surface area contributed by atoms with Gasteiger partial charge in [-0.25, -0.2) is 0 Å². The lowest BCUT2D eigenvalue weighted by Gasteiger charge is -2.23. The number of carbonyl (C=O) groups is 1. The molecule has 1 fully saturated rings. The molecule has 2 unspecified atom stereocenters. The molecule has 2 nitrogen and oxygen atoms in total. The smallest absolute Gasteiger partial charge is 0.262 e. The van der Waals surface area contributed by atoms with Crippen LogP contribution in [-0.2, 0) is 23.1 Å². The van der Waals surface area contributed by atoms with E-state index in [2.05, 4.69) is 119 Å². The van der Waals surface area contributed by atoms with Crippen LogP contribution in [0.1, 0.15) is 160 Å². The molecule has 2 aromatic heterocycles. The SMILES string of the molecule is C=C1C(=O)N(c2ccccc2C)C(=C)/C1=C(/SC(C)(C)C)c1cc2c(CCC(CC)CCCC)c3sc(C(C)(C)C)cc3c(CCC(CC)CCCC)c2s1. The van der Waals surface area contributed by atoms with E-state index in [0.29, 0.717) is 5.57 Å². The van der Waals surface area contributed by atoms with Crippen LogP contribution < -0.4 is 4.90 Å². The van der Waals surface area contributed by atoms with Crippen LogP contribution in [0.5, 0.6) is 0 Å². The molecule has 298 valence electrons. The summed E-state index contributed by atoms with van der Waals surface area (Å²) in [5.41, 5.74) is 7.27. The zero-order valence-electron chi connectivity index (χ0n) is 36.1. The van der Waals surface area contributed by atoms with Crippen molar-refractivity contribution in [1.82, 2.24) is 0 Å². The third kappa shape index (κ3) is 9.75. The van der Waals surface area contributed by atoms with Crippen molar-refractivity contribution in [3.8, 4) is 0 Å². The van der Waals surface area contributed by atoms with E-state index in [1.165, 1.54) is 105 Å². The van der Waals surface area contributed by atoms with Crippen LogP contribution in [0.3, 0.4) is 0 Å². The lowest BCUT2D eigenvalue weighted by atomic mass is 9.87. The molecule has 0 spiro atoms. The fourth-order valence-electron chi connectivity index (χ4n) is 8.21. The van der Waals surface area contributed by atoms with Gasteiger partial charge in [0.05, 0.1) is 11.4 Å². The zero-order chi connectivity index (χ0) is 40.2. The average Bonchev–Trinajstić information content (AvgIpc) is 3.83. The lowest BCUT2D eigenvalue weighted by Crippen LogP contribution is -2.23. The van der Waals surface area contributed by atoms with Crippen molar-refractivity contribution in [1.29, 1.82) is 0 Å². The van der Waals surface area contributed by atoms with Crippen molar-refractivity contribution in [2.75, 3.05) is 4.90 Å². The molecule has 5 heteroatoms. The second-order valence-electron chi connectivity index (χ2n) is 18.1. The van der Waals surface area contributed by atoms with Crippen molar-refractivity contribution in [2.45, 2.75) is 163 Å². The molecule has 2 atom stereocenters. The summed E-state index contributed by atoms with van der Waals surface area (Å²) in [6.07, 6.45) is 14.9. The monoisotopic (exact) mass is 795 g/mol. The van der Waals surface area contributed by atoms with Gasteiger partial charge in [-0.3, -0.25) is 9.69 Å². The Morgan fingerprint density at radius 3 is 1.84 bits per heavy atom. The molecule has 1 aliphatic rings. The van der Waals surface area contributed by atoms with Gasteiger partial charge < -0.3 is 0 Å². The Hall–Kier alpha value is -2.60. The highest BCUT2D eigenvalue weighted by Crippen LogP contribution is 2.52. The van der Waals surface area contributed by atoms with E-state index in [0.717, 1.165) is 52.1 Å². The van der Waals surface area contributed by atoms with E-state index in [4.69, 9.17) is 0 Å². The Balaban J connectivity index is 1.79. The summed E-state index contributed by atoms with van der Waals surface area (Å²) in [4.78, 5) is 19.8. The molecule has 0 aliphatic carbocycles. The molecule has 0 radical (unpaired) electrons. The van der Waals surface area contributed by atoms with Crippen molar-refractivity contribution < 1.29 is 4.79 Å². The number of nitrogens with zero attached hydrogens (tertiary/aromatic N) is 1. The lowest BCUT2D eigenvalue weighted by molar-refractivity contribution is -0.113. The molecule has 1 aliphatic heterocycles. The Bertz CT molecular complexity index is 1970. The maximum atomic E-state index is 14.1. The van der Waals surface area contributed by atoms with Gasteiger partial charge in [0.2, 0.25) is 0 Å². The highest BCUT2D eigenvalue weighted by molar-refractivity contribution is 8.09. The number of anilines is 1. The standard InChI is InChI=1S/C50H69NOS3/c1-14-18-23-35(16-3)26-28-37-39-30-42(47(55-50(11,12)13)44-33(6)48(52)51(34(44)7)41-25-21-20-22-32(41)5)53-45(39)38(29-27-36(17-4)24-19-15-2)40-31-43(49(8,9)10)54-46(37)40/h20-22,25,30-31,35-36H,6-7,14-19,23-24,26-29H2,1-5,8-13H3/b47-44+. The second kappa shape index (κ2) is 18.3. The number of hydrogen-bond donors (Lipinski definition) is 0. The third-order valence-electron chi connectivity index (χ3n) is 11.6. The van der Waals surface area contributed by atoms with E-state index < -0.39 is 0 Å². The van der Waals surface area contributed by atoms with Crippen LogP contribution in [0, 0.1) is 18.8 Å². The van der Waals surface area contributed by atoms with Gasteiger partial charge in [-0.2, -0.15) is 0 Å². The Morgan fingerprint density at radius 2 is 1.33 bits per heavy atom. The molecule has 4 aromatic rings. The van der Waals surface area contributed by atoms with Gasteiger partial charge >= 0.3 is 0 Å². The number of fused-ring (bicyclic) bond motifs is 2. The highest BCUT2D eigenvalue weighted by atomic mass is 32.2. The minimum Gasteiger partial charge on any atom is -0.277 e. The first-order chi connectivity index (χ1) is 26.0. The average molecular weight is 796 g/mol. The number of rotatable bonds is 17. The number of unbranched alkanes of at least 4 members (excludes halogenated alkanes) is 2. The van der Waals surface area contributed by atoms with Crippen LogP contribution >= 0.6 is 34.4 Å². The molecule has 0 saturated carbocycles. The molecule has 5 rings (SSSR count). The van der Waals surface area contributed by atoms with Gasteiger partial charge in [-0.05, 0) is 95.5 Å². The zero-order valence-corrected chi connectivity index (χ0v) is 38.5. The van der Waals surface area contributed by atoms with Crippen molar-refractivity contribution in [2.24, 2.45) is 11.8 Å². The molecule has 2 aromatic carbocycles. The number of aryl methyl sites for hydroxylation is 3. The maximum Gasteiger partial charge on any atom is 0.262 e. The molecular formula is C50H69NOS3. The van der Waals surface area contributed by atoms with E-state index in [1.807, 2.05) is 41.3 Å². The summed E-state index contributed by atoms with van der Waals surface area (Å²) in [5, 5.41) is 2.92. The molecule has 1 saturated heterocycles. The van der Waals surface area contributed by atoms with Crippen LogP contribution in [0.25, 0.3) is 25.1 Å². The number of thioether (sulfide) groups is 1. The van der Waals surface area contributed by atoms with E-state index >= 15 is 0 Å². The van der Waals surface area contributed by atoms with Crippen molar-refractivity contribution in [3.63, 3.8) is 0 Å². The first-order valence-electron chi connectivity index (χ1n) is 21.3. The number of para-hydroxylation sites is 1. The first-order valence-corrected chi connectivity index (χ1v) is 23.7. The van der Waals surface area contributed by atoms with Gasteiger partial charge in [0.1, 0.15) is 0 Å². The Labute approximate surface area is 347 Å². The highest BCUT2D eigenvalue weighted by Gasteiger charge is 2.38. The summed E-state index contributed by atoms with van der Waals surface area (Å²) in [7, 11) is 0. The van der Waals surface area contributed by atoms with Crippen LogP contribution in [0.15, 0.2) is 66.4 Å². The molecule has 1 amide bonds. The molecule has 0 N–H and O–H groups in total. The van der Waals surface area contributed by atoms with Crippen LogP contribution in [0.2, 0.25) is 0 Å². The number of thiophene rings is 2. The number of hydrogen-bond acceptors (Lipinski definition) is 4.